The normalized spacial score (nSPS) is 15.5. The molecule has 0 spiro atoms. The van der Waals surface area contributed by atoms with Crippen molar-refractivity contribution in [3.05, 3.63) is 32.8 Å². The number of hydrogen-bond acceptors (Lipinski definition) is 0. The second-order valence-corrected chi connectivity index (χ2v) is 3.38. The van der Waals surface area contributed by atoms with E-state index >= 15 is 0 Å². The van der Waals surface area contributed by atoms with E-state index in [4.69, 9.17) is 46.4 Å². The van der Waals surface area contributed by atoms with E-state index in [1.807, 2.05) is 0 Å². The Kier molecular flexibility index (Phi) is 6.16. The largest absolute Gasteiger partial charge is 0.0929 e. The molecule has 62 valence electrons. The Balaban J connectivity index is 4.53. The first-order chi connectivity index (χ1) is 5.07. The maximum atomic E-state index is 5.68. The van der Waals surface area contributed by atoms with Crippen molar-refractivity contribution in [3.8, 4) is 0 Å². The van der Waals surface area contributed by atoms with E-state index in [1.54, 1.807) is 13.0 Å². The minimum absolute atomic E-state index is 0.363. The topological polar surface area (TPSA) is 0 Å². The van der Waals surface area contributed by atoms with Crippen molar-refractivity contribution < 1.29 is 0 Å². The lowest BCUT2D eigenvalue weighted by Gasteiger charge is -1.91. The van der Waals surface area contributed by atoms with Crippen molar-refractivity contribution in [3.63, 3.8) is 0 Å². The molecule has 0 radical (unpaired) electrons. The predicted molar refractivity (Wildman–Crippen MR) is 53.3 cm³/mol. The summed E-state index contributed by atoms with van der Waals surface area (Å²) in [5.74, 6) is 0. The molecule has 0 amide bonds. The van der Waals surface area contributed by atoms with Gasteiger partial charge in [-0.15, -0.1) is 0 Å². The average molecular weight is 232 g/mol. The van der Waals surface area contributed by atoms with Crippen LogP contribution in [0.2, 0.25) is 0 Å². The SMILES string of the molecule is C\C(Cl)=C/C(Cl)=C(Cl)\C=C\Cl. The van der Waals surface area contributed by atoms with Crippen molar-refractivity contribution in [2.24, 2.45) is 0 Å². The highest BCUT2D eigenvalue weighted by atomic mass is 35.5. The molecule has 0 aliphatic rings. The maximum absolute atomic E-state index is 5.68. The maximum Gasteiger partial charge on any atom is 0.0604 e. The highest BCUT2D eigenvalue weighted by Crippen LogP contribution is 2.19. The monoisotopic (exact) mass is 230 g/mol. The molecule has 0 atom stereocenters. The van der Waals surface area contributed by atoms with E-state index in [9.17, 15) is 0 Å². The Bertz CT molecular complexity index is 208. The van der Waals surface area contributed by atoms with Gasteiger partial charge in [-0.1, -0.05) is 46.4 Å². The third-order valence-electron chi connectivity index (χ3n) is 0.763. The van der Waals surface area contributed by atoms with Crippen molar-refractivity contribution in [2.75, 3.05) is 0 Å². The number of allylic oxidation sites excluding steroid dienone is 5. The zero-order valence-electron chi connectivity index (χ0n) is 5.74. The van der Waals surface area contributed by atoms with Crippen LogP contribution < -0.4 is 0 Å². The van der Waals surface area contributed by atoms with Crippen LogP contribution in [0.25, 0.3) is 0 Å². The summed E-state index contributed by atoms with van der Waals surface area (Å²) in [6, 6.07) is 0. The van der Waals surface area contributed by atoms with Gasteiger partial charge >= 0.3 is 0 Å². The first-order valence-electron chi connectivity index (χ1n) is 2.73. The first kappa shape index (κ1) is 11.4. The standard InChI is InChI=1S/C7H6Cl4/c1-5(9)4-7(11)6(10)2-3-8/h2-4H,1H3/b3-2+,5-4+,7-6-. The van der Waals surface area contributed by atoms with Crippen LogP contribution in [0.15, 0.2) is 32.8 Å². The van der Waals surface area contributed by atoms with Gasteiger partial charge in [-0.05, 0) is 19.1 Å². The quantitative estimate of drug-likeness (QED) is 0.611. The molecule has 0 aromatic rings. The fraction of sp³-hybridized carbons (Fsp3) is 0.143. The molecular weight excluding hydrogens is 226 g/mol. The van der Waals surface area contributed by atoms with E-state index in [0.717, 1.165) is 0 Å². The van der Waals surface area contributed by atoms with Gasteiger partial charge in [0.2, 0.25) is 0 Å². The van der Waals surface area contributed by atoms with E-state index in [-0.39, 0.29) is 0 Å². The minimum atomic E-state index is 0.363. The highest BCUT2D eigenvalue weighted by molar-refractivity contribution is 6.42. The Hall–Kier alpha value is 0.380. The molecule has 0 heterocycles. The lowest BCUT2D eigenvalue weighted by Crippen LogP contribution is -1.69. The zero-order chi connectivity index (χ0) is 8.85. The second kappa shape index (κ2) is 5.96. The van der Waals surface area contributed by atoms with E-state index in [1.165, 1.54) is 11.6 Å². The molecule has 11 heavy (non-hydrogen) atoms. The number of hydrogen-bond donors (Lipinski definition) is 0. The van der Waals surface area contributed by atoms with Crippen molar-refractivity contribution >= 4 is 46.4 Å². The zero-order valence-corrected chi connectivity index (χ0v) is 8.77. The molecule has 0 fully saturated rings. The highest BCUT2D eigenvalue weighted by Gasteiger charge is 1.94. The molecule has 0 aliphatic heterocycles. The Labute approximate surface area is 86.1 Å². The molecule has 0 unspecified atom stereocenters. The van der Waals surface area contributed by atoms with E-state index < -0.39 is 0 Å². The fourth-order valence-electron chi connectivity index (χ4n) is 0.378. The summed E-state index contributed by atoms with van der Waals surface area (Å²) in [7, 11) is 0. The molecule has 0 saturated heterocycles. The number of halogens is 4. The van der Waals surface area contributed by atoms with Gasteiger partial charge in [-0.25, -0.2) is 0 Å². The van der Waals surface area contributed by atoms with Gasteiger partial charge in [-0.2, -0.15) is 0 Å². The van der Waals surface area contributed by atoms with Crippen LogP contribution >= 0.6 is 46.4 Å². The Morgan fingerprint density at radius 1 is 1.09 bits per heavy atom. The van der Waals surface area contributed by atoms with Gasteiger partial charge in [0.1, 0.15) is 0 Å². The van der Waals surface area contributed by atoms with Crippen molar-refractivity contribution in [2.45, 2.75) is 6.92 Å². The average Bonchev–Trinajstić information content (AvgIpc) is 1.86. The summed E-state index contributed by atoms with van der Waals surface area (Å²) in [5.41, 5.74) is 1.28. The molecule has 0 aromatic heterocycles. The van der Waals surface area contributed by atoms with Crippen LogP contribution in [0.3, 0.4) is 0 Å². The third-order valence-corrected chi connectivity index (χ3v) is 1.74. The Morgan fingerprint density at radius 3 is 2.00 bits per heavy atom. The lowest BCUT2D eigenvalue weighted by atomic mass is 10.4. The van der Waals surface area contributed by atoms with Crippen LogP contribution in [0.1, 0.15) is 6.92 Å². The molecule has 0 aromatic carbocycles. The van der Waals surface area contributed by atoms with E-state index in [0.29, 0.717) is 15.1 Å². The van der Waals surface area contributed by atoms with Crippen LogP contribution in [0.5, 0.6) is 0 Å². The molecule has 0 nitrogen and oxygen atoms in total. The third kappa shape index (κ3) is 5.63. The summed E-state index contributed by atoms with van der Waals surface area (Å²) in [6.07, 6.45) is 3.02. The second-order valence-electron chi connectivity index (χ2n) is 1.72. The summed E-state index contributed by atoms with van der Waals surface area (Å²) >= 11 is 22.1. The molecule has 0 N–H and O–H groups in total. The van der Waals surface area contributed by atoms with Gasteiger partial charge in [0.05, 0.1) is 10.1 Å². The molecule has 4 heteroatoms. The molecule has 0 saturated carbocycles. The molecular formula is C7H6Cl4. The molecule has 0 bridgehead atoms. The summed E-state index contributed by atoms with van der Waals surface area (Å²) in [5, 5.41) is 1.30. The molecule has 0 rings (SSSR count). The summed E-state index contributed by atoms with van der Waals surface area (Å²) in [6.45, 7) is 1.71. The smallest absolute Gasteiger partial charge is 0.0604 e. The van der Waals surface area contributed by atoms with Crippen LogP contribution in [-0.4, -0.2) is 0 Å². The van der Waals surface area contributed by atoms with Gasteiger partial charge in [0.15, 0.2) is 0 Å². The van der Waals surface area contributed by atoms with E-state index in [2.05, 4.69) is 0 Å². The van der Waals surface area contributed by atoms with Crippen LogP contribution in [0, 0.1) is 0 Å². The molecule has 0 aliphatic carbocycles. The van der Waals surface area contributed by atoms with Gasteiger partial charge in [-0.3, -0.25) is 0 Å². The lowest BCUT2D eigenvalue weighted by molar-refractivity contribution is 1.63. The van der Waals surface area contributed by atoms with Crippen LogP contribution in [0.4, 0.5) is 0 Å². The van der Waals surface area contributed by atoms with Crippen molar-refractivity contribution in [1.82, 2.24) is 0 Å². The van der Waals surface area contributed by atoms with Crippen molar-refractivity contribution in [1.29, 1.82) is 0 Å². The van der Waals surface area contributed by atoms with Gasteiger partial charge in [0.25, 0.3) is 0 Å². The minimum Gasteiger partial charge on any atom is -0.0929 e. The van der Waals surface area contributed by atoms with Crippen LogP contribution in [-0.2, 0) is 0 Å². The summed E-state index contributed by atoms with van der Waals surface area (Å²) in [4.78, 5) is 0. The van der Waals surface area contributed by atoms with Gasteiger partial charge in [0, 0.05) is 10.6 Å². The number of rotatable bonds is 2. The first-order valence-corrected chi connectivity index (χ1v) is 4.30. The Morgan fingerprint density at radius 2 is 1.64 bits per heavy atom. The summed E-state index contributed by atoms with van der Waals surface area (Å²) < 4.78 is 0. The van der Waals surface area contributed by atoms with Gasteiger partial charge < -0.3 is 0 Å². The predicted octanol–water partition coefficient (Wildman–Crippen LogP) is 4.57. The fourth-order valence-corrected chi connectivity index (χ4v) is 1.08.